The van der Waals surface area contributed by atoms with Crippen LogP contribution < -0.4 is 0 Å². The van der Waals surface area contributed by atoms with Crippen LogP contribution in [0, 0.1) is 11.6 Å². The van der Waals surface area contributed by atoms with Gasteiger partial charge in [-0.15, -0.1) is 0 Å². The van der Waals surface area contributed by atoms with Gasteiger partial charge in [0.2, 0.25) is 5.90 Å². The van der Waals surface area contributed by atoms with E-state index in [9.17, 15) is 13.9 Å². The SMILES string of the molecule is CCCc1c(Cl)cc(-c2ccc(C3COC(c4c(F)cccc4F)=N3)cc2)c(O)c1Cl. The molecule has 0 amide bonds. The number of halogens is 4. The van der Waals surface area contributed by atoms with Gasteiger partial charge in [0.15, 0.2) is 0 Å². The molecule has 0 bridgehead atoms. The van der Waals surface area contributed by atoms with E-state index in [1.54, 1.807) is 6.07 Å². The molecule has 31 heavy (non-hydrogen) atoms. The number of nitrogens with zero attached hydrogens (tertiary/aromatic N) is 1. The lowest BCUT2D eigenvalue weighted by molar-refractivity contribution is 0.317. The summed E-state index contributed by atoms with van der Waals surface area (Å²) in [4.78, 5) is 4.35. The van der Waals surface area contributed by atoms with Gasteiger partial charge in [0.05, 0.1) is 5.02 Å². The third-order valence-electron chi connectivity index (χ3n) is 5.22. The molecule has 3 aromatic rings. The van der Waals surface area contributed by atoms with E-state index in [4.69, 9.17) is 27.9 Å². The first-order valence-corrected chi connectivity index (χ1v) is 10.6. The summed E-state index contributed by atoms with van der Waals surface area (Å²) in [5, 5.41) is 11.3. The Labute approximate surface area is 188 Å². The van der Waals surface area contributed by atoms with Crippen molar-refractivity contribution >= 4 is 29.1 Å². The zero-order chi connectivity index (χ0) is 22.1. The van der Waals surface area contributed by atoms with Gasteiger partial charge in [0.1, 0.15) is 35.6 Å². The van der Waals surface area contributed by atoms with Crippen molar-refractivity contribution in [1.29, 1.82) is 0 Å². The first-order valence-electron chi connectivity index (χ1n) is 9.85. The van der Waals surface area contributed by atoms with Crippen LogP contribution in [0.5, 0.6) is 5.75 Å². The summed E-state index contributed by atoms with van der Waals surface area (Å²) in [5.41, 5.74) is 2.55. The topological polar surface area (TPSA) is 41.8 Å². The van der Waals surface area contributed by atoms with Gasteiger partial charge in [-0.05, 0) is 41.3 Å². The van der Waals surface area contributed by atoms with Gasteiger partial charge >= 0.3 is 0 Å². The molecule has 1 aliphatic rings. The van der Waals surface area contributed by atoms with Gasteiger partial charge < -0.3 is 9.84 Å². The fourth-order valence-electron chi connectivity index (χ4n) is 3.62. The molecule has 1 N–H and O–H groups in total. The van der Waals surface area contributed by atoms with E-state index in [1.807, 2.05) is 31.2 Å². The quantitative estimate of drug-likeness (QED) is 0.439. The highest BCUT2D eigenvalue weighted by Gasteiger charge is 2.26. The Morgan fingerprint density at radius 3 is 2.42 bits per heavy atom. The smallest absolute Gasteiger partial charge is 0.222 e. The normalized spacial score (nSPS) is 15.6. The average Bonchev–Trinajstić information content (AvgIpc) is 3.23. The Kier molecular flexibility index (Phi) is 6.17. The predicted octanol–water partition coefficient (Wildman–Crippen LogP) is 7.11. The molecule has 0 aliphatic carbocycles. The van der Waals surface area contributed by atoms with Crippen molar-refractivity contribution < 1.29 is 18.6 Å². The highest BCUT2D eigenvalue weighted by atomic mass is 35.5. The summed E-state index contributed by atoms with van der Waals surface area (Å²) in [6.45, 7) is 2.19. The van der Waals surface area contributed by atoms with Crippen molar-refractivity contribution in [3.63, 3.8) is 0 Å². The molecular weight excluding hydrogens is 443 g/mol. The molecule has 0 radical (unpaired) electrons. The summed E-state index contributed by atoms with van der Waals surface area (Å²) in [5.74, 6) is -1.50. The summed E-state index contributed by atoms with van der Waals surface area (Å²) in [6, 6.07) is 12.2. The van der Waals surface area contributed by atoms with Gasteiger partial charge in [-0.25, -0.2) is 13.8 Å². The summed E-state index contributed by atoms with van der Waals surface area (Å²) < 4.78 is 33.5. The number of aliphatic imine (C=N–C) groups is 1. The first kappa shape index (κ1) is 21.6. The molecule has 160 valence electrons. The van der Waals surface area contributed by atoms with Crippen molar-refractivity contribution in [3.8, 4) is 16.9 Å². The van der Waals surface area contributed by atoms with E-state index in [-0.39, 0.29) is 28.8 Å². The molecule has 7 heteroatoms. The van der Waals surface area contributed by atoms with Crippen molar-refractivity contribution in [2.24, 2.45) is 4.99 Å². The van der Waals surface area contributed by atoms with Crippen LogP contribution in [-0.4, -0.2) is 17.6 Å². The lowest BCUT2D eigenvalue weighted by Gasteiger charge is -2.13. The van der Waals surface area contributed by atoms with Crippen molar-refractivity contribution in [2.45, 2.75) is 25.8 Å². The van der Waals surface area contributed by atoms with E-state index in [0.717, 1.165) is 23.1 Å². The third-order valence-corrected chi connectivity index (χ3v) is 5.97. The minimum absolute atomic E-state index is 0.0122. The van der Waals surface area contributed by atoms with Gasteiger partial charge in [-0.3, -0.25) is 0 Å². The van der Waals surface area contributed by atoms with Crippen LogP contribution >= 0.6 is 23.2 Å². The van der Waals surface area contributed by atoms with E-state index >= 15 is 0 Å². The standard InChI is InChI=1S/C24H19Cl2F2NO2/c1-2-4-15-17(25)11-16(23(30)22(15)26)13-7-9-14(10-8-13)20-12-31-24(29-20)21-18(27)5-3-6-19(21)28/h3,5-11,20,30H,2,4,12H2,1H3. The average molecular weight is 462 g/mol. The molecule has 4 rings (SSSR count). The molecule has 3 aromatic carbocycles. The van der Waals surface area contributed by atoms with Gasteiger partial charge in [-0.1, -0.05) is 66.9 Å². The molecule has 1 unspecified atom stereocenters. The van der Waals surface area contributed by atoms with Crippen molar-refractivity contribution in [3.05, 3.63) is 86.9 Å². The fraction of sp³-hybridized carbons (Fsp3) is 0.208. The second kappa shape index (κ2) is 8.85. The Bertz CT molecular complexity index is 1140. The highest BCUT2D eigenvalue weighted by molar-refractivity contribution is 6.37. The van der Waals surface area contributed by atoms with Gasteiger partial charge in [-0.2, -0.15) is 0 Å². The van der Waals surface area contributed by atoms with E-state index < -0.39 is 17.7 Å². The minimum atomic E-state index is -0.717. The van der Waals surface area contributed by atoms with Crippen LogP contribution in [0.2, 0.25) is 10.0 Å². The predicted molar refractivity (Wildman–Crippen MR) is 119 cm³/mol. The zero-order valence-electron chi connectivity index (χ0n) is 16.6. The van der Waals surface area contributed by atoms with Crippen LogP contribution in [0.4, 0.5) is 8.78 Å². The summed E-state index contributed by atoms with van der Waals surface area (Å²) in [6.07, 6.45) is 1.53. The van der Waals surface area contributed by atoms with Crippen LogP contribution in [0.25, 0.3) is 11.1 Å². The number of aromatic hydroxyl groups is 1. The number of benzene rings is 3. The Balaban J connectivity index is 1.62. The largest absolute Gasteiger partial charge is 0.506 e. The molecular formula is C24H19Cl2F2NO2. The highest BCUT2D eigenvalue weighted by Crippen LogP contribution is 2.42. The molecule has 0 saturated heterocycles. The van der Waals surface area contributed by atoms with E-state index in [1.165, 1.54) is 18.2 Å². The maximum atomic E-state index is 14.0. The number of hydrogen-bond donors (Lipinski definition) is 1. The van der Waals surface area contributed by atoms with E-state index in [0.29, 0.717) is 17.0 Å². The summed E-state index contributed by atoms with van der Waals surface area (Å²) in [7, 11) is 0. The molecule has 0 saturated carbocycles. The second-order valence-corrected chi connectivity index (χ2v) is 8.06. The molecule has 1 atom stereocenters. The Morgan fingerprint density at radius 1 is 1.10 bits per heavy atom. The number of ether oxygens (including phenoxy) is 1. The zero-order valence-corrected chi connectivity index (χ0v) is 18.1. The third kappa shape index (κ3) is 4.12. The van der Waals surface area contributed by atoms with Gasteiger partial charge in [0.25, 0.3) is 0 Å². The number of hydrogen-bond acceptors (Lipinski definition) is 3. The molecule has 0 fully saturated rings. The number of phenolic OH excluding ortho intramolecular Hbond substituents is 1. The molecule has 1 heterocycles. The number of rotatable bonds is 5. The van der Waals surface area contributed by atoms with Crippen molar-refractivity contribution in [2.75, 3.05) is 6.61 Å². The molecule has 0 aromatic heterocycles. The fourth-order valence-corrected chi connectivity index (χ4v) is 4.26. The van der Waals surface area contributed by atoms with Gasteiger partial charge in [0, 0.05) is 10.6 Å². The summed E-state index contributed by atoms with van der Waals surface area (Å²) >= 11 is 12.7. The van der Waals surface area contributed by atoms with E-state index in [2.05, 4.69) is 4.99 Å². The van der Waals surface area contributed by atoms with Crippen molar-refractivity contribution in [1.82, 2.24) is 0 Å². The van der Waals surface area contributed by atoms with Crippen LogP contribution in [0.15, 0.2) is 53.5 Å². The van der Waals surface area contributed by atoms with Crippen LogP contribution in [0.1, 0.15) is 36.1 Å². The molecule has 0 spiro atoms. The molecule has 1 aliphatic heterocycles. The second-order valence-electron chi connectivity index (χ2n) is 7.28. The Hall–Kier alpha value is -2.63. The maximum Gasteiger partial charge on any atom is 0.222 e. The maximum absolute atomic E-state index is 14.0. The monoisotopic (exact) mass is 461 g/mol. The minimum Gasteiger partial charge on any atom is -0.506 e. The van der Waals surface area contributed by atoms with Crippen LogP contribution in [0.3, 0.4) is 0 Å². The Morgan fingerprint density at radius 2 is 1.77 bits per heavy atom. The number of phenols is 1. The molecule has 3 nitrogen and oxygen atoms in total. The van der Waals surface area contributed by atoms with Crippen LogP contribution in [-0.2, 0) is 11.2 Å². The lowest BCUT2D eigenvalue weighted by Crippen LogP contribution is -2.07. The lowest BCUT2D eigenvalue weighted by atomic mass is 9.98. The first-order chi connectivity index (χ1) is 14.9.